The van der Waals surface area contributed by atoms with Gasteiger partial charge in [0.15, 0.2) is 0 Å². The highest BCUT2D eigenvalue weighted by Crippen LogP contribution is 2.59. The van der Waals surface area contributed by atoms with Crippen molar-refractivity contribution in [3.63, 3.8) is 0 Å². The average Bonchev–Trinajstić information content (AvgIpc) is 3.23. The van der Waals surface area contributed by atoms with Crippen molar-refractivity contribution in [3.8, 4) is 0 Å². The first-order valence-electron chi connectivity index (χ1n) is 18.0. The molecule has 0 amide bonds. The van der Waals surface area contributed by atoms with Crippen LogP contribution in [-0.4, -0.2) is 79.0 Å². The van der Waals surface area contributed by atoms with Crippen molar-refractivity contribution in [2.24, 2.45) is 28.1 Å². The largest absolute Gasteiger partial charge is 0.463 e. The Labute approximate surface area is 287 Å². The van der Waals surface area contributed by atoms with E-state index in [2.05, 4.69) is 0 Å². The number of esters is 4. The molecule has 4 unspecified atom stereocenters. The van der Waals surface area contributed by atoms with Gasteiger partial charge < -0.3 is 33.5 Å². The molecule has 6 aliphatic rings. The Morgan fingerprint density at radius 3 is 1.83 bits per heavy atom. The van der Waals surface area contributed by atoms with E-state index in [1.54, 1.807) is 13.8 Å². The Bertz CT molecular complexity index is 1100. The van der Waals surface area contributed by atoms with Crippen LogP contribution in [0.1, 0.15) is 133 Å². The van der Waals surface area contributed by atoms with E-state index in [4.69, 9.17) is 28.4 Å². The number of cyclic esters (lactones) is 1. The zero-order chi connectivity index (χ0) is 36.0. The van der Waals surface area contributed by atoms with Crippen molar-refractivity contribution < 1.29 is 52.7 Å². The third-order valence-corrected chi connectivity index (χ3v) is 11.0. The van der Waals surface area contributed by atoms with E-state index in [9.17, 15) is 24.3 Å². The minimum Gasteiger partial charge on any atom is -0.463 e. The fourth-order valence-corrected chi connectivity index (χ4v) is 6.84. The van der Waals surface area contributed by atoms with Crippen LogP contribution in [0.25, 0.3) is 0 Å². The summed E-state index contributed by atoms with van der Waals surface area (Å²) in [7, 11) is 0. The number of aliphatic hydroxyl groups is 1. The van der Waals surface area contributed by atoms with Crippen LogP contribution in [0.2, 0.25) is 0 Å². The first-order chi connectivity index (χ1) is 22.3. The van der Waals surface area contributed by atoms with Gasteiger partial charge in [-0.25, -0.2) is 4.79 Å². The molecule has 4 bridgehead atoms. The number of hydrogen-bond donors (Lipinski definition) is 1. The van der Waals surface area contributed by atoms with Crippen molar-refractivity contribution in [2.75, 3.05) is 26.4 Å². The molecule has 11 heteroatoms. The van der Waals surface area contributed by atoms with E-state index in [0.717, 1.165) is 44.9 Å². The first kappa shape index (κ1) is 40.2. The predicted octanol–water partition coefficient (Wildman–Crippen LogP) is 6.06. The summed E-state index contributed by atoms with van der Waals surface area (Å²) in [5.41, 5.74) is -2.30. The molecular formula is C37H62O11. The van der Waals surface area contributed by atoms with Gasteiger partial charge in [-0.05, 0) is 111 Å². The molecule has 0 radical (unpaired) electrons. The van der Waals surface area contributed by atoms with Crippen LogP contribution in [0.3, 0.4) is 0 Å². The highest BCUT2D eigenvalue weighted by atomic mass is 16.7. The summed E-state index contributed by atoms with van der Waals surface area (Å²) >= 11 is 0. The standard InChI is InChI=1S/C16H26O3.C11H20O4.C10H16O4/c1-4-14(2,3)13(17)19-16-8-11-5-12(9-16)7-15(18,6-11)10-16;1-4-11(2,3)10(12)15-9-8-13-6-5-7-14-9;1-4-10(2,3)9(12)14-7-5-6-13-8(7)11/h11-12,18H,4-10H2,1-3H3;9H,4-8H2,1-3H3;7H,4-6H2,1-3H3. The molecule has 2 aliphatic heterocycles. The van der Waals surface area contributed by atoms with Gasteiger partial charge in [0.25, 0.3) is 0 Å². The van der Waals surface area contributed by atoms with Crippen molar-refractivity contribution in [1.82, 2.24) is 0 Å². The predicted molar refractivity (Wildman–Crippen MR) is 177 cm³/mol. The molecular weight excluding hydrogens is 620 g/mol. The van der Waals surface area contributed by atoms with Gasteiger partial charge in [-0.2, -0.15) is 0 Å². The Balaban J connectivity index is 0.000000199. The van der Waals surface area contributed by atoms with Crippen LogP contribution in [0.5, 0.6) is 0 Å². The lowest BCUT2D eigenvalue weighted by atomic mass is 9.52. The maximum absolute atomic E-state index is 12.4. The molecule has 0 aromatic heterocycles. The van der Waals surface area contributed by atoms with Crippen LogP contribution in [0.4, 0.5) is 0 Å². The van der Waals surface area contributed by atoms with Gasteiger partial charge >= 0.3 is 23.9 Å². The van der Waals surface area contributed by atoms with E-state index in [1.807, 2.05) is 48.5 Å². The van der Waals surface area contributed by atoms with Crippen molar-refractivity contribution in [3.05, 3.63) is 0 Å². The van der Waals surface area contributed by atoms with E-state index < -0.39 is 40.2 Å². The van der Waals surface area contributed by atoms with Gasteiger partial charge in [-0.15, -0.1) is 0 Å². The van der Waals surface area contributed by atoms with E-state index in [1.165, 1.54) is 6.42 Å². The lowest BCUT2D eigenvalue weighted by Gasteiger charge is -2.59. The van der Waals surface area contributed by atoms with Gasteiger partial charge in [0.1, 0.15) is 12.2 Å². The maximum Gasteiger partial charge on any atom is 0.347 e. The highest BCUT2D eigenvalue weighted by Gasteiger charge is 2.59. The van der Waals surface area contributed by atoms with Gasteiger partial charge in [0.2, 0.25) is 12.4 Å². The zero-order valence-corrected chi connectivity index (χ0v) is 30.9. The van der Waals surface area contributed by atoms with Crippen LogP contribution in [0.15, 0.2) is 0 Å². The maximum atomic E-state index is 12.4. The highest BCUT2D eigenvalue weighted by molar-refractivity contribution is 5.82. The average molecular weight is 683 g/mol. The SMILES string of the molecule is CCC(C)(C)C(=O)OC12CC3CC(CC(O)(C3)C1)C2.CCC(C)(C)C(=O)OC1CCOC1=O.CCC(C)(C)C(=O)OC1COCCCO1. The minimum atomic E-state index is -0.687. The number of hydrogen-bond acceptors (Lipinski definition) is 11. The van der Waals surface area contributed by atoms with Crippen molar-refractivity contribution in [1.29, 1.82) is 0 Å². The summed E-state index contributed by atoms with van der Waals surface area (Å²) in [6, 6.07) is 0. The molecule has 4 atom stereocenters. The Morgan fingerprint density at radius 1 is 0.792 bits per heavy atom. The van der Waals surface area contributed by atoms with Crippen molar-refractivity contribution >= 4 is 23.9 Å². The molecule has 11 nitrogen and oxygen atoms in total. The molecule has 48 heavy (non-hydrogen) atoms. The van der Waals surface area contributed by atoms with E-state index in [0.29, 0.717) is 57.5 Å². The summed E-state index contributed by atoms with van der Waals surface area (Å²) in [5.74, 6) is 0.0581. The van der Waals surface area contributed by atoms with E-state index >= 15 is 0 Å². The lowest BCUT2D eigenvalue weighted by Crippen LogP contribution is -2.61. The number of ether oxygens (including phenoxy) is 6. The fourth-order valence-electron chi connectivity index (χ4n) is 6.84. The monoisotopic (exact) mass is 682 g/mol. The molecule has 2 heterocycles. The molecule has 0 spiro atoms. The zero-order valence-electron chi connectivity index (χ0n) is 30.9. The molecule has 1 N–H and O–H groups in total. The van der Waals surface area contributed by atoms with Crippen molar-refractivity contribution in [2.45, 2.75) is 157 Å². The molecule has 0 aromatic rings. The van der Waals surface area contributed by atoms with Crippen LogP contribution >= 0.6 is 0 Å². The third kappa shape index (κ3) is 10.6. The minimum absolute atomic E-state index is 0.0828. The summed E-state index contributed by atoms with van der Waals surface area (Å²) < 4.78 is 31.6. The fraction of sp³-hybridized carbons (Fsp3) is 0.892. The summed E-state index contributed by atoms with van der Waals surface area (Å²) in [4.78, 5) is 46.7. The number of rotatable bonds is 9. The van der Waals surface area contributed by atoms with Gasteiger partial charge in [0.05, 0.1) is 35.1 Å². The third-order valence-electron chi connectivity index (χ3n) is 11.0. The lowest BCUT2D eigenvalue weighted by molar-refractivity contribution is -0.225. The second-order valence-corrected chi connectivity index (χ2v) is 16.5. The summed E-state index contributed by atoms with van der Waals surface area (Å²) in [6.45, 7) is 19.1. The molecule has 0 aromatic carbocycles. The van der Waals surface area contributed by atoms with Gasteiger partial charge in [0, 0.05) is 19.4 Å². The number of carbonyl (C=O) groups excluding carboxylic acids is 4. The van der Waals surface area contributed by atoms with Gasteiger partial charge in [-0.1, -0.05) is 20.8 Å². The quantitative estimate of drug-likeness (QED) is 0.224. The normalized spacial score (nSPS) is 31.2. The molecule has 6 fully saturated rings. The number of carbonyl (C=O) groups is 4. The molecule has 4 aliphatic carbocycles. The molecule has 4 saturated carbocycles. The summed E-state index contributed by atoms with van der Waals surface area (Å²) in [6.07, 6.45) is 7.99. The second-order valence-electron chi connectivity index (χ2n) is 16.5. The van der Waals surface area contributed by atoms with E-state index in [-0.39, 0.29) is 23.5 Å². The smallest absolute Gasteiger partial charge is 0.347 e. The van der Waals surface area contributed by atoms with Crippen LogP contribution in [0, 0.1) is 28.1 Å². The molecule has 276 valence electrons. The second kappa shape index (κ2) is 16.2. The van der Waals surface area contributed by atoms with Gasteiger partial charge in [-0.3, -0.25) is 14.4 Å². The Kier molecular flexibility index (Phi) is 13.6. The Morgan fingerprint density at radius 2 is 1.33 bits per heavy atom. The Hall–Kier alpha value is -2.24. The summed E-state index contributed by atoms with van der Waals surface area (Å²) in [5, 5.41) is 10.6. The van der Waals surface area contributed by atoms with Crippen LogP contribution in [-0.2, 0) is 47.6 Å². The molecule has 6 rings (SSSR count). The topological polar surface area (TPSA) is 144 Å². The van der Waals surface area contributed by atoms with Crippen LogP contribution < -0.4 is 0 Å². The first-order valence-corrected chi connectivity index (χ1v) is 18.0. The molecule has 2 saturated heterocycles.